The second-order valence-corrected chi connectivity index (χ2v) is 6.76. The number of hydrogen-bond acceptors (Lipinski definition) is 5. The zero-order chi connectivity index (χ0) is 23.5. The maximum absolute atomic E-state index is 10.6. The molecule has 4 N–H and O–H groups in total. The zero-order valence-corrected chi connectivity index (χ0v) is 16.6. The third kappa shape index (κ3) is 5.02. The lowest BCUT2D eigenvalue weighted by molar-refractivity contribution is -0.192. The number of imidazole rings is 1. The highest BCUT2D eigenvalue weighted by Gasteiger charge is 2.38. The highest BCUT2D eigenvalue weighted by atomic mass is 19.4. The molecule has 2 aromatic carbocycles. The van der Waals surface area contributed by atoms with Gasteiger partial charge in [0, 0.05) is 11.8 Å². The van der Waals surface area contributed by atoms with E-state index in [4.69, 9.17) is 20.9 Å². The van der Waals surface area contributed by atoms with Crippen molar-refractivity contribution >= 4 is 22.8 Å². The van der Waals surface area contributed by atoms with Crippen molar-refractivity contribution in [3.05, 3.63) is 65.9 Å². The first-order valence-corrected chi connectivity index (χ1v) is 9.11. The predicted octanol–water partition coefficient (Wildman–Crippen LogP) is 4.69. The van der Waals surface area contributed by atoms with Crippen LogP contribution in [0.25, 0.3) is 33.5 Å². The number of nitrogen functional groups attached to an aromatic ring is 1. The van der Waals surface area contributed by atoms with Crippen LogP contribution in [0, 0.1) is 18.3 Å². The van der Waals surface area contributed by atoms with Crippen LogP contribution in [0.5, 0.6) is 0 Å². The summed E-state index contributed by atoms with van der Waals surface area (Å²) in [5, 5.41) is 16.2. The standard InChI is InChI=1S/C20H15N5.C2HF3O2/c1-12-5-6-17-18(7-12)25-20(24-17)16-9-15(11-23-19(16)22)14-4-2-3-13(8-14)10-21;3-2(4,5)1(6)7/h2-9,11H,1H3,(H2,22,23)(H,24,25);(H,6,7). The molecule has 10 heteroatoms. The first-order chi connectivity index (χ1) is 15.1. The Labute approximate surface area is 180 Å². The molecular weight excluding hydrogens is 423 g/mol. The van der Waals surface area contributed by atoms with Crippen LogP contribution >= 0.6 is 0 Å². The summed E-state index contributed by atoms with van der Waals surface area (Å²) in [5.41, 5.74) is 12.3. The molecule has 0 radical (unpaired) electrons. The minimum absolute atomic E-state index is 0.413. The van der Waals surface area contributed by atoms with Crippen LogP contribution in [0.2, 0.25) is 0 Å². The maximum atomic E-state index is 10.6. The van der Waals surface area contributed by atoms with Crippen molar-refractivity contribution in [2.75, 3.05) is 5.73 Å². The highest BCUT2D eigenvalue weighted by molar-refractivity contribution is 5.84. The van der Waals surface area contributed by atoms with Crippen LogP contribution in [-0.4, -0.2) is 32.2 Å². The maximum Gasteiger partial charge on any atom is 0.490 e. The van der Waals surface area contributed by atoms with Gasteiger partial charge in [0.05, 0.1) is 28.2 Å². The lowest BCUT2D eigenvalue weighted by atomic mass is 10.0. The molecule has 4 rings (SSSR count). The molecule has 2 heterocycles. The van der Waals surface area contributed by atoms with Crippen LogP contribution in [-0.2, 0) is 4.79 Å². The molecule has 0 saturated heterocycles. The van der Waals surface area contributed by atoms with Crippen LogP contribution in [0.4, 0.5) is 19.0 Å². The fourth-order valence-electron chi connectivity index (χ4n) is 2.84. The van der Waals surface area contributed by atoms with Gasteiger partial charge in [0.2, 0.25) is 0 Å². The number of H-pyrrole nitrogens is 1. The monoisotopic (exact) mass is 439 g/mol. The number of pyridine rings is 1. The molecule has 32 heavy (non-hydrogen) atoms. The number of aromatic amines is 1. The third-order valence-corrected chi connectivity index (χ3v) is 4.38. The summed E-state index contributed by atoms with van der Waals surface area (Å²) in [6.45, 7) is 2.04. The molecule has 0 spiro atoms. The Morgan fingerprint density at radius 2 is 1.88 bits per heavy atom. The van der Waals surface area contributed by atoms with Gasteiger partial charge >= 0.3 is 12.1 Å². The van der Waals surface area contributed by atoms with Gasteiger partial charge < -0.3 is 15.8 Å². The molecule has 0 aliphatic heterocycles. The summed E-state index contributed by atoms with van der Waals surface area (Å²) in [6, 6.07) is 17.6. The van der Waals surface area contributed by atoms with E-state index in [2.05, 4.69) is 27.1 Å². The molecule has 0 fully saturated rings. The number of rotatable bonds is 2. The number of nitrogens with two attached hydrogens (primary N) is 1. The number of aliphatic carboxylic acids is 1. The Morgan fingerprint density at radius 1 is 1.16 bits per heavy atom. The van der Waals surface area contributed by atoms with E-state index in [0.29, 0.717) is 17.2 Å². The van der Waals surface area contributed by atoms with Crippen molar-refractivity contribution in [1.29, 1.82) is 5.26 Å². The van der Waals surface area contributed by atoms with E-state index < -0.39 is 12.1 Å². The number of nitriles is 1. The van der Waals surface area contributed by atoms with Gasteiger partial charge in [-0.15, -0.1) is 0 Å². The summed E-state index contributed by atoms with van der Waals surface area (Å²) < 4.78 is 31.7. The fourth-order valence-corrected chi connectivity index (χ4v) is 2.84. The molecular formula is C22H16F3N5O2. The van der Waals surface area contributed by atoms with Crippen LogP contribution < -0.4 is 5.73 Å². The van der Waals surface area contributed by atoms with Crippen LogP contribution in [0.1, 0.15) is 11.1 Å². The number of carbonyl (C=O) groups is 1. The summed E-state index contributed by atoms with van der Waals surface area (Å²) >= 11 is 0. The first-order valence-electron chi connectivity index (χ1n) is 9.11. The summed E-state index contributed by atoms with van der Waals surface area (Å²) in [5.74, 6) is -1.66. The number of aryl methyl sites for hydroxylation is 1. The van der Waals surface area contributed by atoms with Gasteiger partial charge in [0.25, 0.3) is 0 Å². The minimum atomic E-state index is -5.08. The number of anilines is 1. The molecule has 0 amide bonds. The molecule has 0 aliphatic rings. The van der Waals surface area contributed by atoms with Crippen molar-refractivity contribution in [1.82, 2.24) is 15.0 Å². The molecule has 7 nitrogen and oxygen atoms in total. The summed E-state index contributed by atoms with van der Waals surface area (Å²) in [7, 11) is 0. The van der Waals surface area contributed by atoms with Gasteiger partial charge in [-0.3, -0.25) is 0 Å². The van der Waals surface area contributed by atoms with Crippen molar-refractivity contribution in [3.8, 4) is 28.6 Å². The van der Waals surface area contributed by atoms with E-state index in [9.17, 15) is 13.2 Å². The van der Waals surface area contributed by atoms with Gasteiger partial charge in [0.15, 0.2) is 0 Å². The van der Waals surface area contributed by atoms with Crippen LogP contribution in [0.15, 0.2) is 54.7 Å². The molecule has 162 valence electrons. The van der Waals surface area contributed by atoms with E-state index in [-0.39, 0.29) is 0 Å². The Balaban J connectivity index is 0.000000360. The Morgan fingerprint density at radius 3 is 2.53 bits per heavy atom. The Hall–Kier alpha value is -4.39. The molecule has 0 atom stereocenters. The van der Waals surface area contributed by atoms with E-state index in [0.717, 1.165) is 33.3 Å². The number of halogens is 3. The van der Waals surface area contributed by atoms with E-state index in [1.54, 1.807) is 12.3 Å². The van der Waals surface area contributed by atoms with E-state index in [1.165, 1.54) is 0 Å². The summed E-state index contributed by atoms with van der Waals surface area (Å²) in [6.07, 6.45) is -3.37. The molecule has 0 aliphatic carbocycles. The lowest BCUT2D eigenvalue weighted by Gasteiger charge is -2.06. The minimum Gasteiger partial charge on any atom is -0.475 e. The van der Waals surface area contributed by atoms with Gasteiger partial charge in [-0.05, 0) is 48.4 Å². The molecule has 4 aromatic rings. The number of benzene rings is 2. The SMILES string of the molecule is Cc1ccc2nc(-c3cc(-c4cccc(C#N)c4)cnc3N)[nH]c2c1.O=C(O)C(F)(F)F. The highest BCUT2D eigenvalue weighted by Crippen LogP contribution is 2.29. The van der Waals surface area contributed by atoms with Crippen molar-refractivity contribution in [2.24, 2.45) is 0 Å². The fraction of sp³-hybridized carbons (Fsp3) is 0.0909. The lowest BCUT2D eigenvalue weighted by Crippen LogP contribution is -2.21. The van der Waals surface area contributed by atoms with E-state index >= 15 is 0 Å². The molecule has 0 unspecified atom stereocenters. The summed E-state index contributed by atoms with van der Waals surface area (Å²) in [4.78, 5) is 21.1. The average Bonchev–Trinajstić information content (AvgIpc) is 3.16. The first kappa shape index (κ1) is 22.3. The normalized spacial score (nSPS) is 10.8. The van der Waals surface area contributed by atoms with E-state index in [1.807, 2.05) is 43.3 Å². The zero-order valence-electron chi connectivity index (χ0n) is 16.6. The van der Waals surface area contributed by atoms with Crippen LogP contribution in [0.3, 0.4) is 0 Å². The number of fused-ring (bicyclic) bond motifs is 1. The predicted molar refractivity (Wildman–Crippen MR) is 112 cm³/mol. The van der Waals surface area contributed by atoms with Crippen molar-refractivity contribution in [2.45, 2.75) is 13.1 Å². The number of hydrogen-bond donors (Lipinski definition) is 3. The largest absolute Gasteiger partial charge is 0.490 e. The Bertz CT molecular complexity index is 1340. The average molecular weight is 439 g/mol. The smallest absolute Gasteiger partial charge is 0.475 e. The van der Waals surface area contributed by atoms with Crippen molar-refractivity contribution in [3.63, 3.8) is 0 Å². The second-order valence-electron chi connectivity index (χ2n) is 6.76. The number of nitrogens with zero attached hydrogens (tertiary/aromatic N) is 3. The number of carboxylic acid groups (broad SMARTS) is 1. The number of carboxylic acids is 1. The van der Waals surface area contributed by atoms with Crippen molar-refractivity contribution < 1.29 is 23.1 Å². The van der Waals surface area contributed by atoms with Gasteiger partial charge in [-0.25, -0.2) is 14.8 Å². The topological polar surface area (TPSA) is 129 Å². The third-order valence-electron chi connectivity index (χ3n) is 4.38. The van der Waals surface area contributed by atoms with Gasteiger partial charge in [0.1, 0.15) is 11.6 Å². The number of alkyl halides is 3. The quantitative estimate of drug-likeness (QED) is 0.416. The van der Waals surface area contributed by atoms with Gasteiger partial charge in [-0.2, -0.15) is 18.4 Å². The molecule has 0 bridgehead atoms. The molecule has 2 aromatic heterocycles. The molecule has 0 saturated carbocycles. The number of aromatic nitrogens is 3. The number of nitrogens with one attached hydrogen (secondary N) is 1. The Kier molecular flexibility index (Phi) is 6.11. The second kappa shape index (κ2) is 8.77. The van der Waals surface area contributed by atoms with Gasteiger partial charge in [-0.1, -0.05) is 18.2 Å².